The Hall–Kier alpha value is -1.94. The summed E-state index contributed by atoms with van der Waals surface area (Å²) >= 11 is 2.29. The van der Waals surface area contributed by atoms with Gasteiger partial charge in [-0.2, -0.15) is 15.1 Å². The standard InChI is InChI=1S/C15H17IN6O/c1-22-14-12(9-19-22)13(20-15(21-14)17-6-7-23)18-8-10-2-4-11(16)5-3-10/h2-5,9,23H,6-8H2,1H3,(H2,17,18,20,21). The Bertz CT molecular complexity index is 802. The summed E-state index contributed by atoms with van der Waals surface area (Å²) in [5, 5.41) is 20.4. The molecule has 0 aliphatic rings. The second-order valence-electron chi connectivity index (χ2n) is 5.03. The summed E-state index contributed by atoms with van der Waals surface area (Å²) in [7, 11) is 1.84. The van der Waals surface area contributed by atoms with Crippen molar-refractivity contribution >= 4 is 45.4 Å². The Kier molecular flexibility index (Phi) is 4.91. The lowest BCUT2D eigenvalue weighted by Crippen LogP contribution is -2.11. The van der Waals surface area contributed by atoms with Gasteiger partial charge in [-0.3, -0.25) is 4.68 Å². The van der Waals surface area contributed by atoms with Gasteiger partial charge in [0, 0.05) is 23.7 Å². The molecule has 0 unspecified atom stereocenters. The zero-order chi connectivity index (χ0) is 16.2. The van der Waals surface area contributed by atoms with Crippen LogP contribution in [0.25, 0.3) is 11.0 Å². The number of hydrogen-bond donors (Lipinski definition) is 3. The van der Waals surface area contributed by atoms with Crippen molar-refractivity contribution in [3.05, 3.63) is 39.6 Å². The highest BCUT2D eigenvalue weighted by Crippen LogP contribution is 2.22. The van der Waals surface area contributed by atoms with Crippen LogP contribution in [0.15, 0.2) is 30.5 Å². The second-order valence-corrected chi connectivity index (χ2v) is 6.28. The van der Waals surface area contributed by atoms with Gasteiger partial charge in [-0.1, -0.05) is 12.1 Å². The van der Waals surface area contributed by atoms with Gasteiger partial charge >= 0.3 is 0 Å². The molecule has 2 aromatic heterocycles. The van der Waals surface area contributed by atoms with Gasteiger partial charge in [0.15, 0.2) is 5.65 Å². The summed E-state index contributed by atoms with van der Waals surface area (Å²) in [5.41, 5.74) is 1.91. The molecule has 3 aromatic rings. The van der Waals surface area contributed by atoms with Crippen LogP contribution in [0.4, 0.5) is 11.8 Å². The predicted molar refractivity (Wildman–Crippen MR) is 98.4 cm³/mol. The first-order chi connectivity index (χ1) is 11.2. The fraction of sp³-hybridized carbons (Fsp3) is 0.267. The molecule has 3 N–H and O–H groups in total. The van der Waals surface area contributed by atoms with Crippen LogP contribution in [-0.4, -0.2) is 38.0 Å². The Morgan fingerprint density at radius 2 is 1.96 bits per heavy atom. The lowest BCUT2D eigenvalue weighted by atomic mass is 10.2. The highest BCUT2D eigenvalue weighted by Gasteiger charge is 2.11. The van der Waals surface area contributed by atoms with Crippen LogP contribution in [-0.2, 0) is 13.6 Å². The van der Waals surface area contributed by atoms with E-state index in [0.717, 1.165) is 16.9 Å². The largest absolute Gasteiger partial charge is 0.395 e. The molecule has 0 amide bonds. The maximum Gasteiger partial charge on any atom is 0.226 e. The molecule has 23 heavy (non-hydrogen) atoms. The van der Waals surface area contributed by atoms with E-state index < -0.39 is 0 Å². The summed E-state index contributed by atoms with van der Waals surface area (Å²) in [6, 6.07) is 8.32. The van der Waals surface area contributed by atoms with Crippen LogP contribution in [0.1, 0.15) is 5.56 Å². The van der Waals surface area contributed by atoms with Crippen molar-refractivity contribution in [2.75, 3.05) is 23.8 Å². The van der Waals surface area contributed by atoms with Crippen molar-refractivity contribution in [2.24, 2.45) is 7.05 Å². The Balaban J connectivity index is 1.87. The molecule has 0 bridgehead atoms. The summed E-state index contributed by atoms with van der Waals surface area (Å²) in [6.45, 7) is 1.09. The molecular formula is C15H17IN6O. The number of aryl methyl sites for hydroxylation is 1. The molecule has 0 fully saturated rings. The van der Waals surface area contributed by atoms with Crippen molar-refractivity contribution in [3.8, 4) is 0 Å². The third-order valence-electron chi connectivity index (χ3n) is 3.36. The first-order valence-electron chi connectivity index (χ1n) is 7.20. The van der Waals surface area contributed by atoms with E-state index in [1.54, 1.807) is 10.9 Å². The van der Waals surface area contributed by atoms with Gasteiger partial charge in [0.1, 0.15) is 5.82 Å². The van der Waals surface area contributed by atoms with Gasteiger partial charge in [-0.15, -0.1) is 0 Å². The van der Waals surface area contributed by atoms with E-state index in [1.165, 1.54) is 9.13 Å². The highest BCUT2D eigenvalue weighted by molar-refractivity contribution is 14.1. The van der Waals surface area contributed by atoms with Gasteiger partial charge in [-0.05, 0) is 40.3 Å². The SMILES string of the molecule is Cn1ncc2c(NCc3ccc(I)cc3)nc(NCCO)nc21. The molecule has 8 heteroatoms. The number of aliphatic hydroxyl groups is 1. The average Bonchev–Trinajstić information content (AvgIpc) is 2.93. The van der Waals surface area contributed by atoms with E-state index in [0.29, 0.717) is 19.0 Å². The van der Waals surface area contributed by atoms with Crippen molar-refractivity contribution < 1.29 is 5.11 Å². The topological polar surface area (TPSA) is 87.9 Å². The van der Waals surface area contributed by atoms with E-state index in [2.05, 4.69) is 72.6 Å². The monoisotopic (exact) mass is 424 g/mol. The van der Waals surface area contributed by atoms with E-state index in [-0.39, 0.29) is 6.61 Å². The van der Waals surface area contributed by atoms with E-state index in [4.69, 9.17) is 5.11 Å². The molecule has 0 atom stereocenters. The van der Waals surface area contributed by atoms with E-state index >= 15 is 0 Å². The summed E-state index contributed by atoms with van der Waals surface area (Å²) in [4.78, 5) is 8.91. The molecule has 7 nitrogen and oxygen atoms in total. The molecular weight excluding hydrogens is 407 g/mol. The fourth-order valence-electron chi connectivity index (χ4n) is 2.19. The number of halogens is 1. The number of fused-ring (bicyclic) bond motifs is 1. The van der Waals surface area contributed by atoms with Crippen molar-refractivity contribution in [3.63, 3.8) is 0 Å². The van der Waals surface area contributed by atoms with Crippen molar-refractivity contribution in [2.45, 2.75) is 6.54 Å². The van der Waals surface area contributed by atoms with Crippen LogP contribution in [0.3, 0.4) is 0 Å². The molecule has 0 spiro atoms. The summed E-state index contributed by atoms with van der Waals surface area (Å²) in [6.07, 6.45) is 1.75. The quantitative estimate of drug-likeness (QED) is 0.525. The molecule has 0 saturated carbocycles. The maximum absolute atomic E-state index is 8.95. The lowest BCUT2D eigenvalue weighted by Gasteiger charge is -2.10. The normalized spacial score (nSPS) is 10.9. The number of nitrogens with zero attached hydrogens (tertiary/aromatic N) is 4. The minimum Gasteiger partial charge on any atom is -0.395 e. The number of anilines is 2. The van der Waals surface area contributed by atoms with Crippen molar-refractivity contribution in [1.29, 1.82) is 0 Å². The predicted octanol–water partition coefficient (Wildman–Crippen LogP) is 1.98. The third-order valence-corrected chi connectivity index (χ3v) is 4.08. The summed E-state index contributed by atoms with van der Waals surface area (Å²) in [5.74, 6) is 1.20. The van der Waals surface area contributed by atoms with Crippen LogP contribution < -0.4 is 10.6 Å². The van der Waals surface area contributed by atoms with E-state index in [1.807, 2.05) is 7.05 Å². The Morgan fingerprint density at radius 1 is 1.17 bits per heavy atom. The molecule has 0 saturated heterocycles. The molecule has 1 aromatic carbocycles. The number of rotatable bonds is 6. The third kappa shape index (κ3) is 3.70. The zero-order valence-electron chi connectivity index (χ0n) is 12.6. The van der Waals surface area contributed by atoms with Crippen LogP contribution in [0.5, 0.6) is 0 Å². The maximum atomic E-state index is 8.95. The van der Waals surface area contributed by atoms with Crippen LogP contribution in [0, 0.1) is 3.57 Å². The van der Waals surface area contributed by atoms with Gasteiger partial charge in [-0.25, -0.2) is 0 Å². The fourth-order valence-corrected chi connectivity index (χ4v) is 2.55. The minimum absolute atomic E-state index is 0.0260. The van der Waals surface area contributed by atoms with Gasteiger partial charge in [0.2, 0.25) is 5.95 Å². The molecule has 0 aliphatic carbocycles. The zero-order valence-corrected chi connectivity index (χ0v) is 14.8. The van der Waals surface area contributed by atoms with Gasteiger partial charge in [0.25, 0.3) is 0 Å². The number of hydrogen-bond acceptors (Lipinski definition) is 6. The molecule has 2 heterocycles. The Morgan fingerprint density at radius 3 is 2.70 bits per heavy atom. The van der Waals surface area contributed by atoms with Gasteiger partial charge < -0.3 is 15.7 Å². The second kappa shape index (κ2) is 7.09. The lowest BCUT2D eigenvalue weighted by molar-refractivity contribution is 0.311. The van der Waals surface area contributed by atoms with Crippen LogP contribution in [0.2, 0.25) is 0 Å². The highest BCUT2D eigenvalue weighted by atomic mass is 127. The number of benzene rings is 1. The number of aromatic nitrogens is 4. The number of aliphatic hydroxyl groups excluding tert-OH is 1. The number of nitrogens with one attached hydrogen (secondary N) is 2. The molecule has 0 aliphatic heterocycles. The van der Waals surface area contributed by atoms with E-state index in [9.17, 15) is 0 Å². The smallest absolute Gasteiger partial charge is 0.226 e. The average molecular weight is 424 g/mol. The van der Waals surface area contributed by atoms with Crippen molar-refractivity contribution in [1.82, 2.24) is 19.7 Å². The Labute approximate surface area is 147 Å². The molecule has 3 rings (SSSR count). The van der Waals surface area contributed by atoms with Crippen LogP contribution >= 0.6 is 22.6 Å². The molecule has 120 valence electrons. The molecule has 0 radical (unpaired) electrons. The van der Waals surface area contributed by atoms with Gasteiger partial charge in [0.05, 0.1) is 18.2 Å². The minimum atomic E-state index is 0.0260. The first-order valence-corrected chi connectivity index (χ1v) is 8.28. The first kappa shape index (κ1) is 15.9. The summed E-state index contributed by atoms with van der Waals surface area (Å²) < 4.78 is 2.91.